The highest BCUT2D eigenvalue weighted by molar-refractivity contribution is 5.90. The average Bonchev–Trinajstić information content (AvgIpc) is 2.63. The fraction of sp³-hybridized carbons (Fsp3) is 0.500. The van der Waals surface area contributed by atoms with Crippen molar-refractivity contribution in [3.63, 3.8) is 0 Å². The molecule has 0 radical (unpaired) electrons. The number of fused-ring (bicyclic) bond motifs is 1. The fourth-order valence-electron chi connectivity index (χ4n) is 4.15. The van der Waals surface area contributed by atoms with E-state index in [1.165, 1.54) is 55.0 Å². The number of hydrogen-bond donors (Lipinski definition) is 0. The summed E-state index contributed by atoms with van der Waals surface area (Å²) < 4.78 is 0. The molecular weight excluding hydrogens is 294 g/mol. The summed E-state index contributed by atoms with van der Waals surface area (Å²) in [7, 11) is 0. The van der Waals surface area contributed by atoms with Crippen molar-refractivity contribution in [1.82, 2.24) is 4.90 Å². The molecule has 0 amide bonds. The molecule has 2 aromatic rings. The van der Waals surface area contributed by atoms with Crippen LogP contribution in [0.2, 0.25) is 0 Å². The lowest BCUT2D eigenvalue weighted by Crippen LogP contribution is -2.40. The number of piperidine rings is 1. The molecule has 0 saturated carbocycles. The van der Waals surface area contributed by atoms with E-state index in [1.807, 2.05) is 0 Å². The van der Waals surface area contributed by atoms with E-state index >= 15 is 0 Å². The Morgan fingerprint density at radius 1 is 1.04 bits per heavy atom. The Bertz CT molecular complexity index is 682. The number of benzene rings is 2. The van der Waals surface area contributed by atoms with Crippen molar-refractivity contribution in [2.45, 2.75) is 44.9 Å². The topological polar surface area (TPSA) is 20.3 Å². The van der Waals surface area contributed by atoms with E-state index in [9.17, 15) is 4.79 Å². The van der Waals surface area contributed by atoms with Crippen molar-refractivity contribution >= 4 is 17.1 Å². The smallest absolute Gasteiger partial charge is 0.130 e. The summed E-state index contributed by atoms with van der Waals surface area (Å²) in [5, 5.41) is 2.44. The number of nitrogens with zero attached hydrogens (tertiary/aromatic N) is 1. The van der Waals surface area contributed by atoms with Crippen LogP contribution < -0.4 is 0 Å². The van der Waals surface area contributed by atoms with Crippen LogP contribution in [0, 0.1) is 5.92 Å². The van der Waals surface area contributed by atoms with Gasteiger partial charge in [0.2, 0.25) is 0 Å². The van der Waals surface area contributed by atoms with E-state index in [2.05, 4.69) is 61.2 Å². The van der Waals surface area contributed by atoms with Crippen LogP contribution >= 0.6 is 0 Å². The number of carbonyl (C=O) groups is 1. The van der Waals surface area contributed by atoms with E-state index in [-0.39, 0.29) is 5.92 Å². The minimum atomic E-state index is -0.404. The predicted molar refractivity (Wildman–Crippen MR) is 101 cm³/mol. The van der Waals surface area contributed by atoms with Gasteiger partial charge in [-0.25, -0.2) is 0 Å². The molecule has 0 aromatic heterocycles. The molecule has 2 nitrogen and oxygen atoms in total. The van der Waals surface area contributed by atoms with Crippen LogP contribution in [0.5, 0.6) is 0 Å². The van der Waals surface area contributed by atoms with Gasteiger partial charge in [0.1, 0.15) is 6.29 Å². The standard InChI is InChI=1S/C22H29NO/c1-18(2)22(17-24,13-16-23-14-6-3-7-15-23)21-12-8-10-19-9-4-5-11-20(19)21/h4-5,8-12,17-18H,3,6-7,13-16H2,1-2H3. The lowest BCUT2D eigenvalue weighted by Gasteiger charge is -2.37. The zero-order chi connectivity index (χ0) is 17.0. The second kappa shape index (κ2) is 7.48. The molecule has 1 heterocycles. The van der Waals surface area contributed by atoms with Crippen LogP contribution in [0.3, 0.4) is 0 Å². The van der Waals surface area contributed by atoms with Crippen LogP contribution in [-0.4, -0.2) is 30.8 Å². The minimum absolute atomic E-state index is 0.283. The number of likely N-dealkylation sites (tertiary alicyclic amines) is 1. The lowest BCUT2D eigenvalue weighted by molar-refractivity contribution is -0.114. The third-order valence-electron chi connectivity index (χ3n) is 5.82. The molecule has 0 aliphatic carbocycles. The normalized spacial score (nSPS) is 18.6. The molecule has 1 aliphatic rings. The first-order chi connectivity index (χ1) is 11.7. The van der Waals surface area contributed by atoms with Gasteiger partial charge in [0, 0.05) is 0 Å². The van der Waals surface area contributed by atoms with Crippen LogP contribution in [0.15, 0.2) is 42.5 Å². The van der Waals surface area contributed by atoms with E-state index in [1.54, 1.807) is 0 Å². The van der Waals surface area contributed by atoms with Crippen molar-refractivity contribution in [3.05, 3.63) is 48.0 Å². The highest BCUT2D eigenvalue weighted by Crippen LogP contribution is 2.38. The minimum Gasteiger partial charge on any atom is -0.303 e. The van der Waals surface area contributed by atoms with E-state index in [4.69, 9.17) is 0 Å². The zero-order valence-corrected chi connectivity index (χ0v) is 15.0. The summed E-state index contributed by atoms with van der Waals surface area (Å²) in [5.41, 5.74) is 0.792. The van der Waals surface area contributed by atoms with Crippen molar-refractivity contribution in [1.29, 1.82) is 0 Å². The third-order valence-corrected chi connectivity index (χ3v) is 5.82. The van der Waals surface area contributed by atoms with Gasteiger partial charge in [-0.2, -0.15) is 0 Å². The molecule has 0 N–H and O–H groups in total. The fourth-order valence-corrected chi connectivity index (χ4v) is 4.15. The second-order valence-electron chi connectivity index (χ2n) is 7.49. The maximum atomic E-state index is 12.4. The molecule has 1 aliphatic heterocycles. The number of carbonyl (C=O) groups excluding carboxylic acids is 1. The van der Waals surface area contributed by atoms with Gasteiger partial charge in [-0.05, 0) is 61.2 Å². The highest BCUT2D eigenvalue weighted by atomic mass is 16.1. The average molecular weight is 323 g/mol. The van der Waals surface area contributed by atoms with Gasteiger partial charge >= 0.3 is 0 Å². The Hall–Kier alpha value is -1.67. The van der Waals surface area contributed by atoms with E-state index < -0.39 is 5.41 Å². The SMILES string of the molecule is CC(C)C(C=O)(CCN1CCCCC1)c1cccc2ccccc12. The molecule has 2 aromatic carbocycles. The van der Waals surface area contributed by atoms with Crippen LogP contribution in [0.1, 0.15) is 45.1 Å². The maximum Gasteiger partial charge on any atom is 0.130 e. The van der Waals surface area contributed by atoms with Crippen molar-refractivity contribution in [2.75, 3.05) is 19.6 Å². The molecule has 1 fully saturated rings. The Morgan fingerprint density at radius 3 is 2.46 bits per heavy atom. The van der Waals surface area contributed by atoms with Gasteiger partial charge in [0.05, 0.1) is 5.41 Å². The third kappa shape index (κ3) is 3.25. The first-order valence-corrected chi connectivity index (χ1v) is 9.34. The van der Waals surface area contributed by atoms with Gasteiger partial charge in [0.25, 0.3) is 0 Å². The zero-order valence-electron chi connectivity index (χ0n) is 15.0. The van der Waals surface area contributed by atoms with Crippen LogP contribution in [0.25, 0.3) is 10.8 Å². The van der Waals surface area contributed by atoms with Gasteiger partial charge in [0.15, 0.2) is 0 Å². The van der Waals surface area contributed by atoms with Crippen molar-refractivity contribution in [3.8, 4) is 0 Å². The molecule has 0 bridgehead atoms. The quantitative estimate of drug-likeness (QED) is 0.711. The maximum absolute atomic E-state index is 12.4. The number of hydrogen-bond acceptors (Lipinski definition) is 2. The summed E-state index contributed by atoms with van der Waals surface area (Å²) >= 11 is 0. The molecule has 2 heteroatoms. The predicted octanol–water partition coefficient (Wildman–Crippen LogP) is 4.81. The lowest BCUT2D eigenvalue weighted by atomic mass is 9.69. The Balaban J connectivity index is 1.96. The molecule has 128 valence electrons. The van der Waals surface area contributed by atoms with Crippen LogP contribution in [0.4, 0.5) is 0 Å². The Kier molecular flexibility index (Phi) is 5.35. The van der Waals surface area contributed by atoms with Crippen LogP contribution in [-0.2, 0) is 10.2 Å². The highest BCUT2D eigenvalue weighted by Gasteiger charge is 2.37. The Labute approximate surface area is 145 Å². The van der Waals surface area contributed by atoms with E-state index in [0.717, 1.165) is 13.0 Å². The first kappa shape index (κ1) is 17.2. The monoisotopic (exact) mass is 323 g/mol. The summed E-state index contributed by atoms with van der Waals surface area (Å²) in [5.74, 6) is 0.283. The molecule has 1 saturated heterocycles. The van der Waals surface area contributed by atoms with Gasteiger partial charge in [-0.1, -0.05) is 62.7 Å². The molecule has 1 atom stereocenters. The van der Waals surface area contributed by atoms with Gasteiger partial charge in [-0.15, -0.1) is 0 Å². The molecule has 1 unspecified atom stereocenters. The molecule has 3 rings (SSSR count). The number of rotatable bonds is 6. The molecule has 0 spiro atoms. The largest absolute Gasteiger partial charge is 0.303 e. The van der Waals surface area contributed by atoms with E-state index in [0.29, 0.717) is 0 Å². The second-order valence-corrected chi connectivity index (χ2v) is 7.49. The molecular formula is C22H29NO. The summed E-state index contributed by atoms with van der Waals surface area (Å²) in [6.45, 7) is 7.75. The summed E-state index contributed by atoms with van der Waals surface area (Å²) in [6.07, 6.45) is 6.07. The first-order valence-electron chi connectivity index (χ1n) is 9.34. The van der Waals surface area contributed by atoms with Gasteiger partial charge < -0.3 is 9.69 Å². The van der Waals surface area contributed by atoms with Crippen molar-refractivity contribution in [2.24, 2.45) is 5.92 Å². The summed E-state index contributed by atoms with van der Waals surface area (Å²) in [4.78, 5) is 14.9. The van der Waals surface area contributed by atoms with Gasteiger partial charge in [-0.3, -0.25) is 0 Å². The Morgan fingerprint density at radius 2 is 1.75 bits per heavy atom. The number of aldehydes is 1. The van der Waals surface area contributed by atoms with Crippen molar-refractivity contribution < 1.29 is 4.79 Å². The summed E-state index contributed by atoms with van der Waals surface area (Å²) in [6, 6.07) is 14.8. The molecule has 24 heavy (non-hydrogen) atoms.